The van der Waals surface area contributed by atoms with Gasteiger partial charge in [-0.05, 0) is 26.7 Å². The summed E-state index contributed by atoms with van der Waals surface area (Å²) in [5.74, 6) is 2.60. The van der Waals surface area contributed by atoms with Gasteiger partial charge < -0.3 is 9.80 Å². The zero-order valence-corrected chi connectivity index (χ0v) is 11.8. The fourth-order valence-corrected chi connectivity index (χ4v) is 2.36. The molecule has 1 amide bonds. The van der Waals surface area contributed by atoms with E-state index < -0.39 is 0 Å². The van der Waals surface area contributed by atoms with Crippen LogP contribution in [0.1, 0.15) is 26.7 Å². The molecular formula is C14H25N3O. The van der Waals surface area contributed by atoms with Gasteiger partial charge in [0.05, 0.1) is 13.1 Å². The van der Waals surface area contributed by atoms with Gasteiger partial charge >= 0.3 is 0 Å². The lowest BCUT2D eigenvalue weighted by Crippen LogP contribution is -2.49. The molecule has 18 heavy (non-hydrogen) atoms. The number of carbonyl (C=O) groups is 1. The van der Waals surface area contributed by atoms with Gasteiger partial charge in [-0.15, -0.1) is 6.42 Å². The molecule has 1 heterocycles. The van der Waals surface area contributed by atoms with E-state index >= 15 is 0 Å². The van der Waals surface area contributed by atoms with Crippen LogP contribution in [0.5, 0.6) is 0 Å². The van der Waals surface area contributed by atoms with Crippen molar-refractivity contribution in [2.24, 2.45) is 0 Å². The van der Waals surface area contributed by atoms with Crippen molar-refractivity contribution in [2.75, 3.05) is 33.2 Å². The third-order valence-electron chi connectivity index (χ3n) is 3.67. The molecule has 0 radical (unpaired) electrons. The van der Waals surface area contributed by atoms with E-state index in [0.29, 0.717) is 25.2 Å². The highest BCUT2D eigenvalue weighted by Gasteiger charge is 2.25. The monoisotopic (exact) mass is 251 g/mol. The molecule has 1 aliphatic rings. The van der Waals surface area contributed by atoms with Crippen molar-refractivity contribution < 1.29 is 4.79 Å². The number of likely N-dealkylation sites (N-methyl/N-ethyl adjacent to an activating group) is 1. The first kappa shape index (κ1) is 15.0. The zero-order valence-electron chi connectivity index (χ0n) is 11.8. The van der Waals surface area contributed by atoms with Crippen LogP contribution in [-0.2, 0) is 4.79 Å². The first-order chi connectivity index (χ1) is 8.56. The molecule has 0 aromatic carbocycles. The SMILES string of the molecule is C#CCNCC(=O)N(C)C1CCN(C(C)C)CC1. The Morgan fingerprint density at radius 1 is 1.50 bits per heavy atom. The number of nitrogens with one attached hydrogen (secondary N) is 1. The Bertz CT molecular complexity index is 301. The highest BCUT2D eigenvalue weighted by atomic mass is 16.2. The number of hydrogen-bond donors (Lipinski definition) is 1. The molecule has 1 rings (SSSR count). The Morgan fingerprint density at radius 3 is 2.61 bits per heavy atom. The second-order valence-corrected chi connectivity index (χ2v) is 5.17. The molecule has 4 heteroatoms. The van der Waals surface area contributed by atoms with Gasteiger partial charge in [-0.1, -0.05) is 5.92 Å². The lowest BCUT2D eigenvalue weighted by molar-refractivity contribution is -0.131. The molecule has 1 N–H and O–H groups in total. The average molecular weight is 251 g/mol. The fourth-order valence-electron chi connectivity index (χ4n) is 2.36. The van der Waals surface area contributed by atoms with Crippen molar-refractivity contribution in [3.63, 3.8) is 0 Å². The van der Waals surface area contributed by atoms with Crippen LogP contribution in [0.15, 0.2) is 0 Å². The number of likely N-dealkylation sites (tertiary alicyclic amines) is 1. The van der Waals surface area contributed by atoms with Gasteiger partial charge in [0, 0.05) is 32.2 Å². The number of nitrogens with zero attached hydrogens (tertiary/aromatic N) is 2. The summed E-state index contributed by atoms with van der Waals surface area (Å²) in [5, 5.41) is 2.94. The van der Waals surface area contributed by atoms with Crippen LogP contribution in [-0.4, -0.2) is 61.0 Å². The summed E-state index contributed by atoms with van der Waals surface area (Å²) in [6, 6.07) is 0.976. The van der Waals surface area contributed by atoms with Gasteiger partial charge in [-0.2, -0.15) is 0 Å². The van der Waals surface area contributed by atoms with E-state index in [1.807, 2.05) is 11.9 Å². The molecule has 0 atom stereocenters. The highest BCUT2D eigenvalue weighted by Crippen LogP contribution is 2.17. The molecule has 0 saturated carbocycles. The number of carbonyl (C=O) groups excluding carboxylic acids is 1. The van der Waals surface area contributed by atoms with Crippen LogP contribution in [0, 0.1) is 12.3 Å². The minimum atomic E-state index is 0.133. The Morgan fingerprint density at radius 2 is 2.11 bits per heavy atom. The number of hydrogen-bond acceptors (Lipinski definition) is 3. The fraction of sp³-hybridized carbons (Fsp3) is 0.786. The number of piperidine rings is 1. The summed E-state index contributed by atoms with van der Waals surface area (Å²) < 4.78 is 0. The Balaban J connectivity index is 2.33. The van der Waals surface area contributed by atoms with Crippen molar-refractivity contribution in [1.29, 1.82) is 0 Å². The molecule has 4 nitrogen and oxygen atoms in total. The second kappa shape index (κ2) is 7.40. The van der Waals surface area contributed by atoms with E-state index in [9.17, 15) is 4.79 Å². The summed E-state index contributed by atoms with van der Waals surface area (Å²) in [5.41, 5.74) is 0. The van der Waals surface area contributed by atoms with Crippen LogP contribution in [0.3, 0.4) is 0 Å². The summed E-state index contributed by atoms with van der Waals surface area (Å²) in [7, 11) is 1.90. The van der Waals surface area contributed by atoms with Crippen LogP contribution < -0.4 is 5.32 Å². The van der Waals surface area contributed by atoms with Gasteiger partial charge in [0.25, 0.3) is 0 Å². The molecule has 0 spiro atoms. The number of amides is 1. The minimum absolute atomic E-state index is 0.133. The zero-order chi connectivity index (χ0) is 13.5. The van der Waals surface area contributed by atoms with Crippen LogP contribution in [0.25, 0.3) is 0 Å². The van der Waals surface area contributed by atoms with Crippen molar-refractivity contribution in [2.45, 2.75) is 38.8 Å². The second-order valence-electron chi connectivity index (χ2n) is 5.17. The van der Waals surface area contributed by atoms with E-state index in [1.54, 1.807) is 0 Å². The maximum atomic E-state index is 11.9. The quantitative estimate of drug-likeness (QED) is 0.572. The standard InChI is InChI=1S/C14H25N3O/c1-5-8-15-11-14(18)16(4)13-6-9-17(10-7-13)12(2)3/h1,12-13,15H,6-11H2,2-4H3. The van der Waals surface area contributed by atoms with E-state index in [2.05, 4.69) is 30.0 Å². The lowest BCUT2D eigenvalue weighted by Gasteiger charge is -2.38. The number of terminal acetylenes is 1. The first-order valence-electron chi connectivity index (χ1n) is 6.70. The summed E-state index contributed by atoms with van der Waals surface area (Å²) in [6.07, 6.45) is 7.26. The average Bonchev–Trinajstić information content (AvgIpc) is 2.38. The third-order valence-corrected chi connectivity index (χ3v) is 3.67. The Labute approximate surface area is 111 Å². The van der Waals surface area contributed by atoms with E-state index in [-0.39, 0.29) is 5.91 Å². The molecule has 1 aliphatic heterocycles. The van der Waals surface area contributed by atoms with Gasteiger partial charge in [0.1, 0.15) is 0 Å². The predicted molar refractivity (Wildman–Crippen MR) is 74.2 cm³/mol. The molecular weight excluding hydrogens is 226 g/mol. The van der Waals surface area contributed by atoms with Gasteiger partial charge in [0.15, 0.2) is 0 Å². The highest BCUT2D eigenvalue weighted by molar-refractivity contribution is 5.78. The lowest BCUT2D eigenvalue weighted by atomic mass is 10.0. The molecule has 0 aromatic rings. The molecule has 0 aromatic heterocycles. The van der Waals surface area contributed by atoms with Crippen molar-refractivity contribution in [1.82, 2.24) is 15.1 Å². The molecule has 0 aliphatic carbocycles. The first-order valence-corrected chi connectivity index (χ1v) is 6.70. The molecule has 102 valence electrons. The van der Waals surface area contributed by atoms with Crippen LogP contribution in [0.4, 0.5) is 0 Å². The van der Waals surface area contributed by atoms with Crippen molar-refractivity contribution in [3.05, 3.63) is 0 Å². The van der Waals surface area contributed by atoms with E-state index in [1.165, 1.54) is 0 Å². The summed E-state index contributed by atoms with van der Waals surface area (Å²) in [6.45, 7) is 7.39. The normalized spacial score (nSPS) is 17.7. The Hall–Kier alpha value is -1.05. The summed E-state index contributed by atoms with van der Waals surface area (Å²) in [4.78, 5) is 16.3. The smallest absolute Gasteiger partial charge is 0.236 e. The van der Waals surface area contributed by atoms with Crippen LogP contribution in [0.2, 0.25) is 0 Å². The van der Waals surface area contributed by atoms with E-state index in [4.69, 9.17) is 6.42 Å². The van der Waals surface area contributed by atoms with Gasteiger partial charge in [-0.25, -0.2) is 0 Å². The molecule has 1 fully saturated rings. The maximum absolute atomic E-state index is 11.9. The number of rotatable bonds is 5. The van der Waals surface area contributed by atoms with Crippen molar-refractivity contribution in [3.8, 4) is 12.3 Å². The summed E-state index contributed by atoms with van der Waals surface area (Å²) >= 11 is 0. The van der Waals surface area contributed by atoms with Crippen LogP contribution >= 0.6 is 0 Å². The predicted octanol–water partition coefficient (Wildman–Crippen LogP) is 0.540. The molecule has 0 unspecified atom stereocenters. The third kappa shape index (κ3) is 4.32. The topological polar surface area (TPSA) is 35.6 Å². The van der Waals surface area contributed by atoms with Gasteiger partial charge in [0.2, 0.25) is 5.91 Å². The maximum Gasteiger partial charge on any atom is 0.236 e. The van der Waals surface area contributed by atoms with Crippen molar-refractivity contribution >= 4 is 5.91 Å². The largest absolute Gasteiger partial charge is 0.342 e. The van der Waals surface area contributed by atoms with Gasteiger partial charge in [-0.3, -0.25) is 10.1 Å². The molecule has 1 saturated heterocycles. The van der Waals surface area contributed by atoms with E-state index in [0.717, 1.165) is 25.9 Å². The molecule has 0 bridgehead atoms. The Kier molecular flexibility index (Phi) is 6.17. The minimum Gasteiger partial charge on any atom is -0.342 e.